The van der Waals surface area contributed by atoms with Crippen molar-refractivity contribution in [2.75, 3.05) is 0 Å². The average molecular weight is 295 g/mol. The summed E-state index contributed by atoms with van der Waals surface area (Å²) in [6.07, 6.45) is 3.20. The molecule has 2 aromatic rings. The SMILES string of the molecule is Clc1ccc([C@@H]2CC[C@H](c3ccc(Cl)nn3)C2)nn1. The fourth-order valence-electron chi connectivity index (χ4n) is 2.61. The maximum absolute atomic E-state index is 5.75. The van der Waals surface area contributed by atoms with Gasteiger partial charge in [0.15, 0.2) is 10.3 Å². The van der Waals surface area contributed by atoms with E-state index in [2.05, 4.69) is 20.4 Å². The van der Waals surface area contributed by atoms with E-state index in [4.69, 9.17) is 23.2 Å². The van der Waals surface area contributed by atoms with Crippen LogP contribution >= 0.6 is 23.2 Å². The van der Waals surface area contributed by atoms with E-state index < -0.39 is 0 Å². The molecule has 1 aliphatic rings. The summed E-state index contributed by atoms with van der Waals surface area (Å²) >= 11 is 11.5. The maximum atomic E-state index is 5.75. The second-order valence-corrected chi connectivity index (χ2v) is 5.54. The molecular weight excluding hydrogens is 283 g/mol. The predicted molar refractivity (Wildman–Crippen MR) is 73.4 cm³/mol. The molecule has 0 spiro atoms. The van der Waals surface area contributed by atoms with Gasteiger partial charge in [0, 0.05) is 11.8 Å². The van der Waals surface area contributed by atoms with Crippen LogP contribution in [-0.2, 0) is 0 Å². The van der Waals surface area contributed by atoms with Crippen molar-refractivity contribution in [1.29, 1.82) is 0 Å². The van der Waals surface area contributed by atoms with Crippen LogP contribution in [0.4, 0.5) is 0 Å². The lowest BCUT2D eigenvalue weighted by molar-refractivity contribution is 0.642. The van der Waals surface area contributed by atoms with Crippen LogP contribution in [-0.4, -0.2) is 20.4 Å². The Hall–Kier alpha value is -1.26. The fraction of sp³-hybridized carbons (Fsp3) is 0.385. The fourth-order valence-corrected chi connectivity index (χ4v) is 2.81. The van der Waals surface area contributed by atoms with Crippen molar-refractivity contribution >= 4 is 23.2 Å². The Bertz CT molecular complexity index is 504. The van der Waals surface area contributed by atoms with Gasteiger partial charge in [0.1, 0.15) is 0 Å². The molecule has 1 aliphatic carbocycles. The molecule has 1 saturated carbocycles. The van der Waals surface area contributed by atoms with Crippen LogP contribution in [0.25, 0.3) is 0 Å². The van der Waals surface area contributed by atoms with Crippen molar-refractivity contribution in [1.82, 2.24) is 20.4 Å². The van der Waals surface area contributed by atoms with Gasteiger partial charge in [-0.05, 0) is 43.5 Å². The molecule has 0 radical (unpaired) electrons. The van der Waals surface area contributed by atoms with Gasteiger partial charge < -0.3 is 0 Å². The summed E-state index contributed by atoms with van der Waals surface area (Å²) < 4.78 is 0. The van der Waals surface area contributed by atoms with Crippen molar-refractivity contribution in [3.05, 3.63) is 46.0 Å². The molecule has 2 atom stereocenters. The highest BCUT2D eigenvalue weighted by Gasteiger charge is 2.29. The molecule has 0 aliphatic heterocycles. The highest BCUT2D eigenvalue weighted by atomic mass is 35.5. The number of hydrogen-bond acceptors (Lipinski definition) is 4. The highest BCUT2D eigenvalue weighted by Crippen LogP contribution is 2.42. The lowest BCUT2D eigenvalue weighted by Crippen LogP contribution is -2.01. The van der Waals surface area contributed by atoms with Gasteiger partial charge in [-0.3, -0.25) is 0 Å². The number of hydrogen-bond donors (Lipinski definition) is 0. The number of halogens is 2. The van der Waals surface area contributed by atoms with Crippen molar-refractivity contribution in [2.45, 2.75) is 31.1 Å². The van der Waals surface area contributed by atoms with Gasteiger partial charge >= 0.3 is 0 Å². The Morgan fingerprint density at radius 2 is 1.21 bits per heavy atom. The molecule has 1 fully saturated rings. The number of rotatable bonds is 2. The van der Waals surface area contributed by atoms with E-state index in [1.54, 1.807) is 12.1 Å². The standard InChI is InChI=1S/C13H12Cl2N4/c14-12-5-3-10(16-18-12)8-1-2-9(7-8)11-4-6-13(15)19-17-11/h3-6,8-9H,1-2,7H2/t8-,9+. The van der Waals surface area contributed by atoms with E-state index in [0.717, 1.165) is 30.7 Å². The van der Waals surface area contributed by atoms with Crippen molar-refractivity contribution < 1.29 is 0 Å². The van der Waals surface area contributed by atoms with Gasteiger partial charge in [0.05, 0.1) is 11.4 Å². The number of aromatic nitrogens is 4. The Labute approximate surface area is 121 Å². The van der Waals surface area contributed by atoms with Crippen LogP contribution in [0.2, 0.25) is 10.3 Å². The van der Waals surface area contributed by atoms with Crippen LogP contribution in [0.15, 0.2) is 24.3 Å². The first-order valence-corrected chi connectivity index (χ1v) is 6.96. The summed E-state index contributed by atoms with van der Waals surface area (Å²) in [5, 5.41) is 17.0. The second-order valence-electron chi connectivity index (χ2n) is 4.77. The topological polar surface area (TPSA) is 51.6 Å². The molecule has 3 rings (SSSR count). The summed E-state index contributed by atoms with van der Waals surface area (Å²) in [6, 6.07) is 7.49. The van der Waals surface area contributed by atoms with Crippen LogP contribution in [0.1, 0.15) is 42.5 Å². The molecule has 0 unspecified atom stereocenters. The third-order valence-corrected chi connectivity index (χ3v) is 3.98. The van der Waals surface area contributed by atoms with Gasteiger partial charge in [0.25, 0.3) is 0 Å². The lowest BCUT2D eigenvalue weighted by atomic mass is 9.99. The van der Waals surface area contributed by atoms with E-state index in [1.807, 2.05) is 12.1 Å². The summed E-state index contributed by atoms with van der Waals surface area (Å²) in [5.41, 5.74) is 2.02. The van der Waals surface area contributed by atoms with Crippen molar-refractivity contribution in [2.24, 2.45) is 0 Å². The second kappa shape index (κ2) is 5.39. The maximum Gasteiger partial charge on any atom is 0.151 e. The summed E-state index contributed by atoms with van der Waals surface area (Å²) in [6.45, 7) is 0. The molecule has 98 valence electrons. The Morgan fingerprint density at radius 1 is 0.737 bits per heavy atom. The molecular formula is C13H12Cl2N4. The largest absolute Gasteiger partial charge is 0.154 e. The van der Waals surface area contributed by atoms with E-state index in [9.17, 15) is 0 Å². The molecule has 19 heavy (non-hydrogen) atoms. The summed E-state index contributed by atoms with van der Waals surface area (Å²) in [7, 11) is 0. The normalized spacial score (nSPS) is 22.6. The van der Waals surface area contributed by atoms with Crippen LogP contribution in [0.5, 0.6) is 0 Å². The van der Waals surface area contributed by atoms with Crippen LogP contribution in [0, 0.1) is 0 Å². The summed E-state index contributed by atoms with van der Waals surface area (Å²) in [5.74, 6) is 0.847. The van der Waals surface area contributed by atoms with E-state index in [0.29, 0.717) is 22.1 Å². The molecule has 6 heteroatoms. The first kappa shape index (κ1) is 12.8. The predicted octanol–water partition coefficient (Wildman–Crippen LogP) is 3.62. The third-order valence-electron chi connectivity index (χ3n) is 3.57. The molecule has 0 N–H and O–H groups in total. The first-order chi connectivity index (χ1) is 9.22. The monoisotopic (exact) mass is 294 g/mol. The highest BCUT2D eigenvalue weighted by molar-refractivity contribution is 6.29. The Balaban J connectivity index is 1.73. The first-order valence-electron chi connectivity index (χ1n) is 6.20. The zero-order chi connectivity index (χ0) is 13.2. The van der Waals surface area contributed by atoms with Gasteiger partial charge in [-0.1, -0.05) is 23.2 Å². The van der Waals surface area contributed by atoms with Gasteiger partial charge in [-0.25, -0.2) is 0 Å². The third kappa shape index (κ3) is 2.85. The molecule has 0 amide bonds. The van der Waals surface area contributed by atoms with E-state index in [1.165, 1.54) is 0 Å². The molecule has 2 aromatic heterocycles. The Kier molecular flexibility index (Phi) is 3.62. The zero-order valence-corrected chi connectivity index (χ0v) is 11.6. The smallest absolute Gasteiger partial charge is 0.151 e. The number of nitrogens with zero attached hydrogens (tertiary/aromatic N) is 4. The summed E-state index contributed by atoms with van der Waals surface area (Å²) in [4.78, 5) is 0. The minimum Gasteiger partial charge on any atom is -0.154 e. The quantitative estimate of drug-likeness (QED) is 0.849. The van der Waals surface area contributed by atoms with Gasteiger partial charge in [0.2, 0.25) is 0 Å². The molecule has 0 saturated heterocycles. The van der Waals surface area contributed by atoms with E-state index in [-0.39, 0.29) is 0 Å². The van der Waals surface area contributed by atoms with Crippen molar-refractivity contribution in [3.63, 3.8) is 0 Å². The molecule has 4 nitrogen and oxygen atoms in total. The zero-order valence-electron chi connectivity index (χ0n) is 10.1. The van der Waals surface area contributed by atoms with Gasteiger partial charge in [-0.15, -0.1) is 10.2 Å². The van der Waals surface area contributed by atoms with Crippen LogP contribution < -0.4 is 0 Å². The minimum absolute atomic E-state index is 0.423. The van der Waals surface area contributed by atoms with Crippen molar-refractivity contribution in [3.8, 4) is 0 Å². The molecule has 2 heterocycles. The average Bonchev–Trinajstić information content (AvgIpc) is 2.90. The minimum atomic E-state index is 0.423. The van der Waals surface area contributed by atoms with E-state index >= 15 is 0 Å². The van der Waals surface area contributed by atoms with Crippen LogP contribution in [0.3, 0.4) is 0 Å². The Morgan fingerprint density at radius 3 is 1.58 bits per heavy atom. The lowest BCUT2D eigenvalue weighted by Gasteiger charge is -2.09. The van der Waals surface area contributed by atoms with Gasteiger partial charge in [-0.2, -0.15) is 10.2 Å². The molecule has 0 aromatic carbocycles. The molecule has 0 bridgehead atoms.